The molecule has 28 heteroatoms. The van der Waals surface area contributed by atoms with E-state index < -0.39 is 114 Å². The number of urea groups is 1. The van der Waals surface area contributed by atoms with E-state index in [0.717, 1.165) is 15.8 Å². The van der Waals surface area contributed by atoms with E-state index in [4.69, 9.17) is 17.2 Å². The number of thiol groups is 2. The van der Waals surface area contributed by atoms with Gasteiger partial charge < -0.3 is 69.7 Å². The summed E-state index contributed by atoms with van der Waals surface area (Å²) in [6.07, 6.45) is 5.42. The van der Waals surface area contributed by atoms with Crippen LogP contribution >= 0.6 is 25.3 Å². The monoisotopic (exact) mass is 1130 g/mol. The maximum Gasteiger partial charge on any atom is 0.325 e. The van der Waals surface area contributed by atoms with Crippen molar-refractivity contribution in [3.8, 4) is 0 Å². The van der Waals surface area contributed by atoms with Crippen LogP contribution in [0.15, 0.2) is 78.3 Å². The molecule has 0 unspecified atom stereocenters. The molecule has 0 aliphatic carbocycles. The van der Waals surface area contributed by atoms with Gasteiger partial charge in [0.2, 0.25) is 47.3 Å². The minimum absolute atomic E-state index is 0.0470. The quantitative estimate of drug-likeness (QED) is 0.00874. The molecule has 26 nitrogen and oxygen atoms in total. The SMILES string of the molecule is CCCC[C@@H](C(=O)N[C@H](CS)C(=O)N[C@@H](C)C(=O)N[C@H](Cc1cnc[nH]1)C(=O)N[C@@H](Cc1ccccc1)C(=O)N[C@H](CCCN=C(N)N)C(=O)N[C@@H](Cc1c[nH]c2ccccc12)C(=O)N[C@H](CS)C(N)=O)N1C(=O)N[C@H](C)C1=O. The first-order valence-electron chi connectivity index (χ1n) is 25.6. The van der Waals surface area contributed by atoms with Crippen molar-refractivity contribution in [1.29, 1.82) is 0 Å². The summed E-state index contributed by atoms with van der Waals surface area (Å²) < 4.78 is 0. The van der Waals surface area contributed by atoms with E-state index in [0.29, 0.717) is 29.7 Å². The summed E-state index contributed by atoms with van der Waals surface area (Å²) in [5.74, 6) is -7.80. The van der Waals surface area contributed by atoms with Crippen LogP contribution < -0.4 is 59.7 Å². The Kier molecular flexibility index (Phi) is 23.5. The molecule has 1 fully saturated rings. The lowest BCUT2D eigenvalue weighted by Gasteiger charge is -2.28. The molecule has 9 atom stereocenters. The number of hydrogen-bond acceptors (Lipinski definition) is 14. The molecule has 5 rings (SSSR count). The molecule has 0 spiro atoms. The molecule has 1 saturated heterocycles. The lowest BCUT2D eigenvalue weighted by Crippen LogP contribution is -2.61. The fourth-order valence-electron chi connectivity index (χ4n) is 8.52. The summed E-state index contributed by atoms with van der Waals surface area (Å²) in [5.41, 5.74) is 19.1. The number of nitrogens with two attached hydrogens (primary N) is 3. The molecule has 0 saturated carbocycles. The zero-order chi connectivity index (χ0) is 57.8. The lowest BCUT2D eigenvalue weighted by atomic mass is 10.0. The number of aromatic amines is 2. The molecule has 4 aromatic rings. The number of H-pyrrole nitrogens is 2. The average Bonchev–Trinajstić information content (AvgIpc) is 4.23. The Morgan fingerprint density at radius 2 is 1.24 bits per heavy atom. The summed E-state index contributed by atoms with van der Waals surface area (Å²) >= 11 is 8.40. The van der Waals surface area contributed by atoms with Crippen LogP contribution in [0.25, 0.3) is 10.9 Å². The molecule has 426 valence electrons. The van der Waals surface area contributed by atoms with Crippen LogP contribution in [0.4, 0.5) is 4.79 Å². The van der Waals surface area contributed by atoms with Gasteiger partial charge in [-0.15, -0.1) is 0 Å². The number of guanidine groups is 1. The van der Waals surface area contributed by atoms with E-state index in [2.05, 4.69) is 87.7 Å². The zero-order valence-corrected chi connectivity index (χ0v) is 45.7. The summed E-state index contributed by atoms with van der Waals surface area (Å²) in [6, 6.07) is 3.70. The third-order valence-electron chi connectivity index (χ3n) is 12.9. The van der Waals surface area contributed by atoms with Crippen LogP contribution in [0.3, 0.4) is 0 Å². The molecular formula is C51H70N16O10S2. The maximum absolute atomic E-state index is 14.7. The lowest BCUT2D eigenvalue weighted by molar-refractivity contribution is -0.137. The third kappa shape index (κ3) is 18.0. The molecular weight excluding hydrogens is 1060 g/mol. The first kappa shape index (κ1) is 61.7. The van der Waals surface area contributed by atoms with Gasteiger partial charge in [0.1, 0.15) is 54.4 Å². The van der Waals surface area contributed by atoms with E-state index in [-0.39, 0.29) is 62.5 Å². The van der Waals surface area contributed by atoms with Crippen LogP contribution in [0.5, 0.6) is 0 Å². The Morgan fingerprint density at radius 3 is 1.84 bits per heavy atom. The second-order valence-electron chi connectivity index (χ2n) is 18.9. The number of rotatable bonds is 31. The number of nitrogens with zero attached hydrogens (tertiary/aromatic N) is 3. The van der Waals surface area contributed by atoms with Crippen molar-refractivity contribution < 1.29 is 47.9 Å². The van der Waals surface area contributed by atoms with Crippen molar-refractivity contribution in [1.82, 2.24) is 62.4 Å². The number of aromatic nitrogens is 3. The number of hydrogen-bond donors (Lipinski definition) is 15. The highest BCUT2D eigenvalue weighted by atomic mass is 32.1. The fraction of sp³-hybridized carbons (Fsp3) is 0.451. The van der Waals surface area contributed by atoms with Crippen LogP contribution in [-0.2, 0) is 62.4 Å². The van der Waals surface area contributed by atoms with Gasteiger partial charge in [-0.25, -0.2) is 14.7 Å². The highest BCUT2D eigenvalue weighted by Gasteiger charge is 2.43. The minimum Gasteiger partial charge on any atom is -0.370 e. The molecule has 3 heterocycles. The maximum atomic E-state index is 14.7. The smallest absolute Gasteiger partial charge is 0.325 e. The fourth-order valence-corrected chi connectivity index (χ4v) is 9.04. The molecule has 0 radical (unpaired) electrons. The number of imidazole rings is 1. The zero-order valence-electron chi connectivity index (χ0n) is 44.0. The van der Waals surface area contributed by atoms with Crippen molar-refractivity contribution in [2.75, 3.05) is 18.1 Å². The molecule has 0 bridgehead atoms. The number of imide groups is 1. The molecule has 16 N–H and O–H groups in total. The second kappa shape index (κ2) is 30.1. The van der Waals surface area contributed by atoms with Crippen molar-refractivity contribution in [3.63, 3.8) is 0 Å². The molecule has 11 amide bonds. The first-order chi connectivity index (χ1) is 37.7. The van der Waals surface area contributed by atoms with Gasteiger partial charge in [-0.1, -0.05) is 68.3 Å². The Morgan fingerprint density at radius 1 is 0.671 bits per heavy atom. The summed E-state index contributed by atoms with van der Waals surface area (Å²) in [6.45, 7) is 4.74. The van der Waals surface area contributed by atoms with Gasteiger partial charge in [0, 0.05) is 66.3 Å². The molecule has 1 aliphatic rings. The van der Waals surface area contributed by atoms with E-state index >= 15 is 0 Å². The van der Waals surface area contributed by atoms with Gasteiger partial charge >= 0.3 is 6.03 Å². The number of benzene rings is 2. The average molecular weight is 1130 g/mol. The largest absolute Gasteiger partial charge is 0.370 e. The summed E-state index contributed by atoms with van der Waals surface area (Å²) in [7, 11) is 0. The van der Waals surface area contributed by atoms with E-state index in [1.807, 2.05) is 25.1 Å². The predicted octanol–water partition coefficient (Wildman–Crippen LogP) is -1.77. The van der Waals surface area contributed by atoms with Gasteiger partial charge in [-0.05, 0) is 50.3 Å². The number of nitrogens with one attached hydrogen (secondary N) is 10. The van der Waals surface area contributed by atoms with Crippen molar-refractivity contribution in [3.05, 3.63) is 90.1 Å². The van der Waals surface area contributed by atoms with Crippen molar-refractivity contribution in [2.24, 2.45) is 22.2 Å². The van der Waals surface area contributed by atoms with Crippen LogP contribution in [-0.4, -0.2) is 157 Å². The number of carbonyl (C=O) groups is 10. The highest BCUT2D eigenvalue weighted by Crippen LogP contribution is 2.20. The minimum atomic E-state index is -1.42. The summed E-state index contributed by atoms with van der Waals surface area (Å²) in [4.78, 5) is 151. The number of para-hydroxylation sites is 1. The van der Waals surface area contributed by atoms with E-state index in [1.54, 1.807) is 42.6 Å². The number of amides is 11. The Hall–Kier alpha value is -8.14. The first-order valence-corrected chi connectivity index (χ1v) is 26.9. The van der Waals surface area contributed by atoms with Crippen molar-refractivity contribution >= 4 is 101 Å². The van der Waals surface area contributed by atoms with E-state index in [9.17, 15) is 47.9 Å². The van der Waals surface area contributed by atoms with Crippen LogP contribution in [0, 0.1) is 0 Å². The Balaban J connectivity index is 1.37. The van der Waals surface area contributed by atoms with Gasteiger partial charge in [-0.2, -0.15) is 25.3 Å². The molecule has 2 aromatic heterocycles. The third-order valence-corrected chi connectivity index (χ3v) is 13.6. The van der Waals surface area contributed by atoms with Gasteiger partial charge in [0.25, 0.3) is 5.91 Å². The van der Waals surface area contributed by atoms with Crippen molar-refractivity contribution in [2.45, 2.75) is 127 Å². The number of carbonyl (C=O) groups excluding carboxylic acids is 10. The second-order valence-corrected chi connectivity index (χ2v) is 19.6. The summed E-state index contributed by atoms with van der Waals surface area (Å²) in [5, 5.41) is 21.7. The van der Waals surface area contributed by atoms with Gasteiger partial charge in [0.05, 0.1) is 6.33 Å². The number of primary amides is 1. The standard InChI is InChI=1S/C51H70N16O10S2/c1-4-5-17-40(67-49(76)28(3)60-51(67)77)48(75)66-39(25-79)47(74)59-27(2)42(69)62-37(21-31-23-55-26-58-31)46(73)63-35(19-29-12-7-6-8-13-29)44(71)61-34(16-11-18-56-50(53)54)43(70)64-36(45(72)65-38(24-78)41(52)68)20-30-22-57-33-15-10-9-14-32(30)33/h6-10,12-15,22-23,26-28,34-40,57,78-79H,4-5,11,16-21,24-25H2,1-3H3,(H2,52,68)(H,55,58)(H,59,74)(H,60,77)(H,61,71)(H,62,69)(H,63,73)(H,64,70)(H,65,72)(H,66,75)(H4,53,54,56)/t27-,28+,34+,35-,36-,37+,38+,39+,40-/m0/s1. The van der Waals surface area contributed by atoms with Crippen LogP contribution in [0.1, 0.15) is 69.7 Å². The number of fused-ring (bicyclic) bond motifs is 1. The Bertz CT molecular complexity index is 2810. The Labute approximate surface area is 466 Å². The normalized spacial score (nSPS) is 16.1. The van der Waals surface area contributed by atoms with Gasteiger partial charge in [0.15, 0.2) is 5.96 Å². The molecule has 1 aliphatic heterocycles. The van der Waals surface area contributed by atoms with E-state index in [1.165, 1.54) is 26.4 Å². The molecule has 79 heavy (non-hydrogen) atoms. The van der Waals surface area contributed by atoms with Gasteiger partial charge in [-0.3, -0.25) is 48.1 Å². The topological polar surface area (TPSA) is 405 Å². The number of aliphatic imine (C=N–C) groups is 1. The van der Waals surface area contributed by atoms with Crippen LogP contribution in [0.2, 0.25) is 0 Å². The predicted molar refractivity (Wildman–Crippen MR) is 299 cm³/mol. The molecule has 2 aromatic carbocycles. The number of unbranched alkanes of at least 4 members (excludes halogenated alkanes) is 1. The highest BCUT2D eigenvalue weighted by molar-refractivity contribution is 7.80.